The van der Waals surface area contributed by atoms with Gasteiger partial charge >= 0.3 is 0 Å². The van der Waals surface area contributed by atoms with Crippen molar-refractivity contribution in [2.45, 2.75) is 39.2 Å². The van der Waals surface area contributed by atoms with Gasteiger partial charge in [-0.05, 0) is 37.1 Å². The van der Waals surface area contributed by atoms with E-state index in [9.17, 15) is 4.79 Å². The summed E-state index contributed by atoms with van der Waals surface area (Å²) >= 11 is 5.83. The van der Waals surface area contributed by atoms with Crippen LogP contribution in [0.25, 0.3) is 0 Å². The minimum atomic E-state index is 0.183. The van der Waals surface area contributed by atoms with Crippen molar-refractivity contribution in [1.29, 1.82) is 0 Å². The Morgan fingerprint density at radius 3 is 2.30 bits per heavy atom. The molecule has 0 saturated carbocycles. The molecule has 1 aromatic carbocycles. The molecule has 0 aliphatic carbocycles. The van der Waals surface area contributed by atoms with Gasteiger partial charge in [-0.25, -0.2) is 0 Å². The lowest BCUT2D eigenvalue weighted by molar-refractivity contribution is -0.133. The molecule has 0 atom stereocenters. The number of benzene rings is 1. The second-order valence-electron chi connectivity index (χ2n) is 5.94. The van der Waals surface area contributed by atoms with Crippen LogP contribution in [-0.2, 0) is 4.79 Å². The Morgan fingerprint density at radius 2 is 1.74 bits per heavy atom. The SMILES string of the molecule is CCC(CC)N1CCN(C(=O)CCOc2ccc(Cl)cc2)CC1. The number of nitrogens with zero attached hydrogens (tertiary/aromatic N) is 2. The molecular formula is C18H27ClN2O2. The highest BCUT2D eigenvalue weighted by molar-refractivity contribution is 6.30. The minimum Gasteiger partial charge on any atom is -0.493 e. The van der Waals surface area contributed by atoms with E-state index >= 15 is 0 Å². The second-order valence-corrected chi connectivity index (χ2v) is 6.38. The van der Waals surface area contributed by atoms with Gasteiger partial charge < -0.3 is 9.64 Å². The van der Waals surface area contributed by atoms with Gasteiger partial charge in [0.15, 0.2) is 0 Å². The van der Waals surface area contributed by atoms with Crippen molar-refractivity contribution >= 4 is 17.5 Å². The summed E-state index contributed by atoms with van der Waals surface area (Å²) in [5, 5.41) is 0.684. The van der Waals surface area contributed by atoms with Crippen LogP contribution in [0.15, 0.2) is 24.3 Å². The van der Waals surface area contributed by atoms with E-state index in [0.717, 1.165) is 31.9 Å². The fourth-order valence-electron chi connectivity index (χ4n) is 3.09. The van der Waals surface area contributed by atoms with E-state index in [1.54, 1.807) is 12.1 Å². The van der Waals surface area contributed by atoms with Crippen LogP contribution in [0.2, 0.25) is 5.02 Å². The van der Waals surface area contributed by atoms with E-state index in [0.29, 0.717) is 24.1 Å². The molecule has 1 aromatic rings. The molecule has 5 heteroatoms. The summed E-state index contributed by atoms with van der Waals surface area (Å²) in [7, 11) is 0. The summed E-state index contributed by atoms with van der Waals surface area (Å²) < 4.78 is 5.60. The van der Waals surface area contributed by atoms with Crippen molar-refractivity contribution < 1.29 is 9.53 Å². The minimum absolute atomic E-state index is 0.183. The molecule has 23 heavy (non-hydrogen) atoms. The summed E-state index contributed by atoms with van der Waals surface area (Å²) in [5.74, 6) is 0.934. The normalized spacial score (nSPS) is 15.9. The van der Waals surface area contributed by atoms with Crippen LogP contribution >= 0.6 is 11.6 Å². The summed E-state index contributed by atoms with van der Waals surface area (Å²) in [5.41, 5.74) is 0. The Kier molecular flexibility index (Phi) is 7.18. The Labute approximate surface area is 144 Å². The standard InChI is InChI=1S/C18H27ClN2O2/c1-3-16(4-2)20-10-12-21(13-11-20)18(22)9-14-23-17-7-5-15(19)6-8-17/h5-8,16H,3-4,9-14H2,1-2H3. The largest absolute Gasteiger partial charge is 0.493 e. The Bertz CT molecular complexity index is 480. The molecule has 1 fully saturated rings. The molecule has 0 radical (unpaired) electrons. The van der Waals surface area contributed by atoms with Gasteiger partial charge in [0.2, 0.25) is 5.91 Å². The maximum absolute atomic E-state index is 12.3. The number of piperazine rings is 1. The highest BCUT2D eigenvalue weighted by Gasteiger charge is 2.24. The van der Waals surface area contributed by atoms with E-state index in [2.05, 4.69) is 18.7 Å². The van der Waals surface area contributed by atoms with E-state index in [4.69, 9.17) is 16.3 Å². The number of carbonyl (C=O) groups excluding carboxylic acids is 1. The molecule has 1 aliphatic rings. The third kappa shape index (κ3) is 5.40. The summed E-state index contributed by atoms with van der Waals surface area (Å²) in [4.78, 5) is 16.7. The van der Waals surface area contributed by atoms with Crippen LogP contribution < -0.4 is 4.74 Å². The predicted molar refractivity (Wildman–Crippen MR) is 94.1 cm³/mol. The Morgan fingerprint density at radius 1 is 1.13 bits per heavy atom. The number of halogens is 1. The lowest BCUT2D eigenvalue weighted by Gasteiger charge is -2.38. The van der Waals surface area contributed by atoms with E-state index in [1.807, 2.05) is 17.0 Å². The first-order chi connectivity index (χ1) is 11.1. The maximum atomic E-state index is 12.3. The number of carbonyl (C=O) groups is 1. The zero-order chi connectivity index (χ0) is 16.7. The molecule has 0 unspecified atom stereocenters. The molecule has 1 saturated heterocycles. The molecule has 1 aliphatic heterocycles. The fraction of sp³-hybridized carbons (Fsp3) is 0.611. The van der Waals surface area contributed by atoms with Gasteiger partial charge in [0.1, 0.15) is 5.75 Å². The smallest absolute Gasteiger partial charge is 0.226 e. The van der Waals surface area contributed by atoms with Gasteiger partial charge in [-0.3, -0.25) is 9.69 Å². The van der Waals surface area contributed by atoms with Gasteiger partial charge in [0.05, 0.1) is 13.0 Å². The van der Waals surface area contributed by atoms with E-state index in [1.165, 1.54) is 12.8 Å². The average molecular weight is 339 g/mol. The van der Waals surface area contributed by atoms with Crippen molar-refractivity contribution in [3.05, 3.63) is 29.3 Å². The fourth-order valence-corrected chi connectivity index (χ4v) is 3.21. The highest BCUT2D eigenvalue weighted by atomic mass is 35.5. The summed E-state index contributed by atoms with van der Waals surface area (Å²) in [6, 6.07) is 7.87. The lowest BCUT2D eigenvalue weighted by Crippen LogP contribution is -2.51. The molecule has 0 N–H and O–H groups in total. The van der Waals surface area contributed by atoms with Crippen LogP contribution in [0, 0.1) is 0 Å². The van der Waals surface area contributed by atoms with Crippen LogP contribution in [-0.4, -0.2) is 54.5 Å². The summed E-state index contributed by atoms with van der Waals surface area (Å²) in [6.45, 7) is 8.51. The predicted octanol–water partition coefficient (Wildman–Crippen LogP) is 3.44. The van der Waals surface area contributed by atoms with Gasteiger partial charge in [-0.2, -0.15) is 0 Å². The second kappa shape index (κ2) is 9.14. The average Bonchev–Trinajstić information content (AvgIpc) is 2.58. The first-order valence-electron chi connectivity index (χ1n) is 8.54. The maximum Gasteiger partial charge on any atom is 0.226 e. The van der Waals surface area contributed by atoms with Gasteiger partial charge in [-0.1, -0.05) is 25.4 Å². The zero-order valence-electron chi connectivity index (χ0n) is 14.1. The van der Waals surface area contributed by atoms with Crippen molar-refractivity contribution in [3.63, 3.8) is 0 Å². The molecule has 4 nitrogen and oxygen atoms in total. The molecule has 128 valence electrons. The van der Waals surface area contributed by atoms with Crippen molar-refractivity contribution in [2.75, 3.05) is 32.8 Å². The third-order valence-electron chi connectivity index (χ3n) is 4.52. The lowest BCUT2D eigenvalue weighted by atomic mass is 10.1. The van der Waals surface area contributed by atoms with Crippen LogP contribution in [0.3, 0.4) is 0 Å². The molecular weight excluding hydrogens is 312 g/mol. The van der Waals surface area contributed by atoms with Crippen molar-refractivity contribution in [3.8, 4) is 5.75 Å². The number of hydrogen-bond acceptors (Lipinski definition) is 3. The van der Waals surface area contributed by atoms with Crippen molar-refractivity contribution in [1.82, 2.24) is 9.80 Å². The number of hydrogen-bond donors (Lipinski definition) is 0. The molecule has 0 aromatic heterocycles. The Balaban J connectivity index is 1.69. The van der Waals surface area contributed by atoms with Gasteiger partial charge in [0.25, 0.3) is 0 Å². The number of ether oxygens (including phenoxy) is 1. The van der Waals surface area contributed by atoms with Crippen LogP contribution in [0.4, 0.5) is 0 Å². The van der Waals surface area contributed by atoms with Crippen LogP contribution in [0.5, 0.6) is 5.75 Å². The van der Waals surface area contributed by atoms with Crippen molar-refractivity contribution in [2.24, 2.45) is 0 Å². The molecule has 1 heterocycles. The summed E-state index contributed by atoms with van der Waals surface area (Å²) in [6.07, 6.45) is 2.78. The quantitative estimate of drug-likeness (QED) is 0.763. The molecule has 0 bridgehead atoms. The highest BCUT2D eigenvalue weighted by Crippen LogP contribution is 2.16. The van der Waals surface area contributed by atoms with E-state index in [-0.39, 0.29) is 5.91 Å². The van der Waals surface area contributed by atoms with E-state index < -0.39 is 0 Å². The first-order valence-corrected chi connectivity index (χ1v) is 8.92. The van der Waals surface area contributed by atoms with Crippen LogP contribution in [0.1, 0.15) is 33.1 Å². The molecule has 0 spiro atoms. The number of amides is 1. The number of rotatable bonds is 7. The monoisotopic (exact) mass is 338 g/mol. The van der Waals surface area contributed by atoms with Gasteiger partial charge in [0, 0.05) is 37.2 Å². The third-order valence-corrected chi connectivity index (χ3v) is 4.78. The molecule has 2 rings (SSSR count). The van der Waals surface area contributed by atoms with Gasteiger partial charge in [-0.15, -0.1) is 0 Å². The topological polar surface area (TPSA) is 32.8 Å². The zero-order valence-corrected chi connectivity index (χ0v) is 14.9. The Hall–Kier alpha value is -1.26. The first kappa shape index (κ1) is 18.1. The molecule has 1 amide bonds.